The summed E-state index contributed by atoms with van der Waals surface area (Å²) < 4.78 is 2.50. The molecule has 90 valence electrons. The van der Waals surface area contributed by atoms with Crippen molar-refractivity contribution in [3.8, 4) is 11.1 Å². The van der Waals surface area contributed by atoms with Gasteiger partial charge in [0.2, 0.25) is 4.77 Å². The average molecular weight is 323 g/mol. The first-order chi connectivity index (χ1) is 8.65. The highest BCUT2D eigenvalue weighted by Crippen LogP contribution is 2.23. The van der Waals surface area contributed by atoms with Crippen molar-refractivity contribution in [3.05, 3.63) is 50.2 Å². The summed E-state index contributed by atoms with van der Waals surface area (Å²) in [4.78, 5) is 18.3. The first-order valence-electron chi connectivity index (χ1n) is 5.11. The topological polar surface area (TPSA) is 66.0 Å². The Morgan fingerprint density at radius 1 is 1.28 bits per heavy atom. The van der Waals surface area contributed by atoms with Crippen molar-refractivity contribution in [3.63, 3.8) is 0 Å². The van der Waals surface area contributed by atoms with E-state index in [0.717, 1.165) is 15.6 Å². The Kier molecular flexibility index (Phi) is 2.64. The molecule has 0 radical (unpaired) electrons. The predicted octanol–water partition coefficient (Wildman–Crippen LogP) is 2.51. The van der Waals surface area contributed by atoms with Crippen molar-refractivity contribution in [2.75, 3.05) is 0 Å². The van der Waals surface area contributed by atoms with Crippen molar-refractivity contribution in [2.24, 2.45) is 0 Å². The first kappa shape index (κ1) is 11.4. The number of nitrogens with zero attached hydrogens (tertiary/aromatic N) is 2. The number of rotatable bonds is 1. The van der Waals surface area contributed by atoms with Crippen LogP contribution in [0.4, 0.5) is 0 Å². The maximum absolute atomic E-state index is 11.7. The van der Waals surface area contributed by atoms with Gasteiger partial charge in [-0.25, -0.2) is 4.79 Å². The maximum Gasteiger partial charge on any atom is 0.348 e. The molecule has 2 heterocycles. The number of hydrogen-bond donors (Lipinski definition) is 2. The Labute approximate surface area is 115 Å². The molecule has 0 atom stereocenters. The first-order valence-corrected chi connectivity index (χ1v) is 6.32. The van der Waals surface area contributed by atoms with E-state index in [4.69, 9.17) is 12.2 Å². The number of aromatic nitrogens is 4. The fourth-order valence-corrected chi connectivity index (χ4v) is 2.19. The van der Waals surface area contributed by atoms with E-state index in [1.807, 2.05) is 24.3 Å². The highest BCUT2D eigenvalue weighted by atomic mass is 79.9. The summed E-state index contributed by atoms with van der Waals surface area (Å²) in [6.07, 6.45) is 1.73. The third-order valence-corrected chi connectivity index (χ3v) is 3.29. The SMILES string of the molecule is O=c1[nH]c(=S)nc2c(-c3ccc(Br)cc3)c[nH]n12. The molecule has 0 saturated carbocycles. The normalized spacial score (nSPS) is 10.9. The Morgan fingerprint density at radius 3 is 2.72 bits per heavy atom. The van der Waals surface area contributed by atoms with E-state index in [-0.39, 0.29) is 10.5 Å². The lowest BCUT2D eigenvalue weighted by Crippen LogP contribution is -2.18. The second-order valence-electron chi connectivity index (χ2n) is 3.70. The molecule has 1 aromatic carbocycles. The Morgan fingerprint density at radius 2 is 2.00 bits per heavy atom. The largest absolute Gasteiger partial charge is 0.348 e. The van der Waals surface area contributed by atoms with Gasteiger partial charge >= 0.3 is 5.69 Å². The van der Waals surface area contributed by atoms with E-state index in [0.29, 0.717) is 5.65 Å². The van der Waals surface area contributed by atoms with Gasteiger partial charge in [0.25, 0.3) is 0 Å². The maximum atomic E-state index is 11.7. The number of halogens is 1. The summed E-state index contributed by atoms with van der Waals surface area (Å²) >= 11 is 8.30. The molecule has 0 saturated heterocycles. The molecule has 3 rings (SSSR count). The van der Waals surface area contributed by atoms with Gasteiger partial charge in [0, 0.05) is 16.2 Å². The van der Waals surface area contributed by atoms with Gasteiger partial charge < -0.3 is 0 Å². The number of aromatic amines is 2. The number of hydrogen-bond acceptors (Lipinski definition) is 3. The van der Waals surface area contributed by atoms with Gasteiger partial charge in [-0.05, 0) is 29.9 Å². The molecule has 7 heteroatoms. The fraction of sp³-hybridized carbons (Fsp3) is 0. The Bertz CT molecular complexity index is 831. The van der Waals surface area contributed by atoms with Gasteiger partial charge in [0.1, 0.15) is 0 Å². The highest BCUT2D eigenvalue weighted by Gasteiger charge is 2.08. The van der Waals surface area contributed by atoms with Gasteiger partial charge in [-0.1, -0.05) is 28.1 Å². The summed E-state index contributed by atoms with van der Waals surface area (Å²) in [7, 11) is 0. The van der Waals surface area contributed by atoms with Crippen LogP contribution in [0.15, 0.2) is 39.7 Å². The van der Waals surface area contributed by atoms with Crippen LogP contribution in [0.5, 0.6) is 0 Å². The van der Waals surface area contributed by atoms with Crippen LogP contribution in [0.2, 0.25) is 0 Å². The minimum atomic E-state index is -0.326. The molecule has 2 aromatic heterocycles. The minimum absolute atomic E-state index is 0.179. The third-order valence-electron chi connectivity index (χ3n) is 2.57. The molecule has 0 fully saturated rings. The van der Waals surface area contributed by atoms with Crippen molar-refractivity contribution in [1.82, 2.24) is 19.6 Å². The van der Waals surface area contributed by atoms with Gasteiger partial charge in [-0.3, -0.25) is 10.1 Å². The van der Waals surface area contributed by atoms with E-state index < -0.39 is 0 Å². The van der Waals surface area contributed by atoms with E-state index in [1.54, 1.807) is 6.20 Å². The smallest absolute Gasteiger partial charge is 0.295 e. The molecule has 0 aliphatic carbocycles. The zero-order chi connectivity index (χ0) is 12.7. The van der Waals surface area contributed by atoms with Crippen LogP contribution in [0.3, 0.4) is 0 Å². The van der Waals surface area contributed by atoms with Crippen LogP contribution < -0.4 is 5.69 Å². The fourth-order valence-electron chi connectivity index (χ4n) is 1.75. The van der Waals surface area contributed by atoms with Crippen LogP contribution in [0.1, 0.15) is 0 Å². The van der Waals surface area contributed by atoms with Crippen molar-refractivity contribution < 1.29 is 0 Å². The molecule has 0 amide bonds. The van der Waals surface area contributed by atoms with Crippen molar-refractivity contribution >= 4 is 33.8 Å². The van der Waals surface area contributed by atoms with Gasteiger partial charge in [0.05, 0.1) is 0 Å². The molecule has 2 N–H and O–H groups in total. The van der Waals surface area contributed by atoms with Crippen LogP contribution in [0, 0.1) is 4.77 Å². The van der Waals surface area contributed by atoms with E-state index in [1.165, 1.54) is 4.52 Å². The van der Waals surface area contributed by atoms with Crippen molar-refractivity contribution in [2.45, 2.75) is 0 Å². The summed E-state index contributed by atoms with van der Waals surface area (Å²) in [5.41, 5.74) is 1.99. The lowest BCUT2D eigenvalue weighted by atomic mass is 10.1. The molecule has 0 aliphatic heterocycles. The molecule has 0 aliphatic rings. The van der Waals surface area contributed by atoms with Gasteiger partial charge in [-0.2, -0.15) is 9.50 Å². The minimum Gasteiger partial charge on any atom is -0.295 e. The Hall–Kier alpha value is -1.73. The summed E-state index contributed by atoms with van der Waals surface area (Å²) in [5.74, 6) is 0. The van der Waals surface area contributed by atoms with E-state index >= 15 is 0 Å². The Balaban J connectivity index is 2.33. The van der Waals surface area contributed by atoms with Gasteiger partial charge in [0.15, 0.2) is 5.65 Å². The molecule has 18 heavy (non-hydrogen) atoms. The lowest BCUT2D eigenvalue weighted by Gasteiger charge is -1.98. The molecule has 0 spiro atoms. The number of benzene rings is 1. The third kappa shape index (κ3) is 1.81. The highest BCUT2D eigenvalue weighted by molar-refractivity contribution is 9.10. The number of H-pyrrole nitrogens is 2. The standard InChI is InChI=1S/C11H7BrN4OS/c12-7-3-1-6(2-4-7)8-5-13-16-9(8)14-10(18)15-11(16)17/h1-5,13H,(H,15,17,18). The second kappa shape index (κ2) is 4.18. The molecular weight excluding hydrogens is 316 g/mol. The quantitative estimate of drug-likeness (QED) is 0.676. The van der Waals surface area contributed by atoms with E-state index in [2.05, 4.69) is 31.0 Å². The van der Waals surface area contributed by atoms with Crippen molar-refractivity contribution in [1.29, 1.82) is 0 Å². The molecule has 5 nitrogen and oxygen atoms in total. The van der Waals surface area contributed by atoms with E-state index in [9.17, 15) is 4.79 Å². The van der Waals surface area contributed by atoms with Gasteiger partial charge in [-0.15, -0.1) is 0 Å². The lowest BCUT2D eigenvalue weighted by molar-refractivity contribution is 0.833. The number of nitrogens with one attached hydrogen (secondary N) is 2. The monoisotopic (exact) mass is 322 g/mol. The summed E-state index contributed by atoms with van der Waals surface area (Å²) in [5, 5.41) is 2.85. The molecule has 3 aromatic rings. The summed E-state index contributed by atoms with van der Waals surface area (Å²) in [6.45, 7) is 0. The zero-order valence-electron chi connectivity index (χ0n) is 8.98. The summed E-state index contributed by atoms with van der Waals surface area (Å²) in [6, 6.07) is 7.75. The van der Waals surface area contributed by atoms with Crippen LogP contribution in [0.25, 0.3) is 16.8 Å². The van der Waals surface area contributed by atoms with Crippen LogP contribution in [-0.4, -0.2) is 19.6 Å². The molecular formula is C11H7BrN4OS. The number of fused-ring (bicyclic) bond motifs is 1. The predicted molar refractivity (Wildman–Crippen MR) is 74.1 cm³/mol. The zero-order valence-corrected chi connectivity index (χ0v) is 11.4. The van der Waals surface area contributed by atoms with Crippen LogP contribution in [-0.2, 0) is 0 Å². The molecule has 0 bridgehead atoms. The average Bonchev–Trinajstić information content (AvgIpc) is 2.74. The molecule has 0 unspecified atom stereocenters. The van der Waals surface area contributed by atoms with Crippen LogP contribution >= 0.6 is 28.1 Å². The second-order valence-corrected chi connectivity index (χ2v) is 5.00.